The van der Waals surface area contributed by atoms with Crippen molar-refractivity contribution in [2.24, 2.45) is 0 Å². The summed E-state index contributed by atoms with van der Waals surface area (Å²) in [5.74, 6) is 0.843. The van der Waals surface area contributed by atoms with Gasteiger partial charge < -0.3 is 10.1 Å². The minimum Gasteiger partial charge on any atom is -0.493 e. The monoisotopic (exact) mass is 267 g/mol. The van der Waals surface area contributed by atoms with Crippen LogP contribution in [0, 0.1) is 0 Å². The van der Waals surface area contributed by atoms with Crippen LogP contribution in [0.3, 0.4) is 0 Å². The predicted octanol–water partition coefficient (Wildman–Crippen LogP) is 3.33. The molecule has 3 heteroatoms. The van der Waals surface area contributed by atoms with Crippen LogP contribution in [0.2, 0.25) is 0 Å². The third kappa shape index (κ3) is 2.67. The van der Waals surface area contributed by atoms with Gasteiger partial charge in [-0.25, -0.2) is 0 Å². The van der Waals surface area contributed by atoms with Crippen molar-refractivity contribution in [2.75, 3.05) is 6.61 Å². The topological polar surface area (TPSA) is 38.3 Å². The Bertz CT molecular complexity index is 595. The second-order valence-electron chi connectivity index (χ2n) is 4.92. The molecular weight excluding hydrogens is 250 g/mol. The SMILES string of the molecule is O=C(NC1CCCOc2ccccc21)c1ccccc1. The minimum absolute atomic E-state index is 0.0152. The third-order valence-electron chi connectivity index (χ3n) is 3.53. The first-order valence-electron chi connectivity index (χ1n) is 6.92. The van der Waals surface area contributed by atoms with E-state index in [1.54, 1.807) is 0 Å². The van der Waals surface area contributed by atoms with Gasteiger partial charge in [0.1, 0.15) is 5.75 Å². The van der Waals surface area contributed by atoms with E-state index >= 15 is 0 Å². The number of fused-ring (bicyclic) bond motifs is 1. The number of hydrogen-bond donors (Lipinski definition) is 1. The van der Waals surface area contributed by atoms with E-state index in [2.05, 4.69) is 5.32 Å². The smallest absolute Gasteiger partial charge is 0.251 e. The minimum atomic E-state index is -0.0349. The molecule has 0 fully saturated rings. The Hall–Kier alpha value is -2.29. The van der Waals surface area contributed by atoms with Gasteiger partial charge in [0.05, 0.1) is 12.6 Å². The second kappa shape index (κ2) is 5.78. The van der Waals surface area contributed by atoms with Crippen molar-refractivity contribution in [3.63, 3.8) is 0 Å². The van der Waals surface area contributed by atoms with Gasteiger partial charge in [0.25, 0.3) is 5.91 Å². The van der Waals surface area contributed by atoms with Crippen LogP contribution in [0.1, 0.15) is 34.8 Å². The van der Waals surface area contributed by atoms with Gasteiger partial charge in [0.2, 0.25) is 0 Å². The number of rotatable bonds is 2. The molecule has 0 saturated heterocycles. The summed E-state index contributed by atoms with van der Waals surface area (Å²) in [5.41, 5.74) is 1.75. The molecule has 1 amide bonds. The zero-order chi connectivity index (χ0) is 13.8. The molecule has 3 nitrogen and oxygen atoms in total. The molecule has 0 aliphatic carbocycles. The van der Waals surface area contributed by atoms with Crippen molar-refractivity contribution in [1.29, 1.82) is 0 Å². The van der Waals surface area contributed by atoms with Gasteiger partial charge in [-0.1, -0.05) is 36.4 Å². The summed E-state index contributed by atoms with van der Waals surface area (Å²) in [4.78, 5) is 12.3. The summed E-state index contributed by atoms with van der Waals surface area (Å²) in [6, 6.07) is 17.3. The molecule has 0 radical (unpaired) electrons. The standard InChI is InChI=1S/C17H17NO2/c19-17(13-7-2-1-3-8-13)18-15-10-6-12-20-16-11-5-4-9-14(15)16/h1-5,7-9,11,15H,6,10,12H2,(H,18,19). The second-order valence-corrected chi connectivity index (χ2v) is 4.92. The van der Waals surface area contributed by atoms with Gasteiger partial charge in [0.15, 0.2) is 0 Å². The van der Waals surface area contributed by atoms with Crippen molar-refractivity contribution in [2.45, 2.75) is 18.9 Å². The van der Waals surface area contributed by atoms with Gasteiger partial charge in [-0.15, -0.1) is 0 Å². The lowest BCUT2D eigenvalue weighted by atomic mass is 10.0. The number of carbonyl (C=O) groups is 1. The summed E-state index contributed by atoms with van der Waals surface area (Å²) in [7, 11) is 0. The number of benzene rings is 2. The molecule has 102 valence electrons. The molecule has 2 aromatic rings. The van der Waals surface area contributed by atoms with E-state index in [1.807, 2.05) is 54.6 Å². The molecule has 0 aromatic heterocycles. The van der Waals surface area contributed by atoms with E-state index in [4.69, 9.17) is 4.74 Å². The maximum absolute atomic E-state index is 12.3. The van der Waals surface area contributed by atoms with Crippen molar-refractivity contribution in [1.82, 2.24) is 5.32 Å². The van der Waals surface area contributed by atoms with Crippen LogP contribution in [0.25, 0.3) is 0 Å². The molecule has 1 aliphatic rings. The summed E-state index contributed by atoms with van der Waals surface area (Å²) < 4.78 is 5.71. The van der Waals surface area contributed by atoms with Crippen molar-refractivity contribution in [3.8, 4) is 5.75 Å². The number of para-hydroxylation sites is 1. The highest BCUT2D eigenvalue weighted by Gasteiger charge is 2.21. The molecule has 2 aromatic carbocycles. The Kier molecular flexibility index (Phi) is 3.68. The van der Waals surface area contributed by atoms with Gasteiger partial charge in [-0.3, -0.25) is 4.79 Å². The third-order valence-corrected chi connectivity index (χ3v) is 3.53. The zero-order valence-corrected chi connectivity index (χ0v) is 11.2. The zero-order valence-electron chi connectivity index (χ0n) is 11.2. The highest BCUT2D eigenvalue weighted by atomic mass is 16.5. The fourth-order valence-corrected chi connectivity index (χ4v) is 2.51. The molecule has 20 heavy (non-hydrogen) atoms. The van der Waals surface area contributed by atoms with E-state index in [0.29, 0.717) is 12.2 Å². The number of ether oxygens (including phenoxy) is 1. The van der Waals surface area contributed by atoms with Crippen LogP contribution in [0.4, 0.5) is 0 Å². The summed E-state index contributed by atoms with van der Waals surface area (Å²) in [6.07, 6.45) is 1.84. The Morgan fingerprint density at radius 3 is 2.65 bits per heavy atom. The lowest BCUT2D eigenvalue weighted by molar-refractivity contribution is 0.0934. The van der Waals surface area contributed by atoms with Crippen LogP contribution >= 0.6 is 0 Å². The van der Waals surface area contributed by atoms with Gasteiger partial charge in [0, 0.05) is 11.1 Å². The first kappa shape index (κ1) is 12.7. The van der Waals surface area contributed by atoms with E-state index < -0.39 is 0 Å². The molecule has 0 saturated carbocycles. The molecule has 3 rings (SSSR count). The van der Waals surface area contributed by atoms with Crippen LogP contribution in [0.5, 0.6) is 5.75 Å². The van der Waals surface area contributed by atoms with E-state index in [0.717, 1.165) is 24.2 Å². The molecule has 0 bridgehead atoms. The Balaban J connectivity index is 1.82. The van der Waals surface area contributed by atoms with Crippen LogP contribution in [-0.2, 0) is 0 Å². The number of amides is 1. The van der Waals surface area contributed by atoms with E-state index in [-0.39, 0.29) is 11.9 Å². The lowest BCUT2D eigenvalue weighted by Crippen LogP contribution is -2.28. The van der Waals surface area contributed by atoms with Gasteiger partial charge >= 0.3 is 0 Å². The van der Waals surface area contributed by atoms with Crippen molar-refractivity contribution < 1.29 is 9.53 Å². The van der Waals surface area contributed by atoms with Crippen molar-refractivity contribution in [3.05, 3.63) is 65.7 Å². The number of carbonyl (C=O) groups excluding carboxylic acids is 1. The van der Waals surface area contributed by atoms with Gasteiger partial charge in [-0.2, -0.15) is 0 Å². The summed E-state index contributed by atoms with van der Waals surface area (Å²) in [5, 5.41) is 3.11. The average molecular weight is 267 g/mol. The van der Waals surface area contributed by atoms with E-state index in [1.165, 1.54) is 0 Å². The summed E-state index contributed by atoms with van der Waals surface area (Å²) in [6.45, 7) is 0.703. The van der Waals surface area contributed by atoms with Crippen LogP contribution in [0.15, 0.2) is 54.6 Å². The molecule has 1 N–H and O–H groups in total. The van der Waals surface area contributed by atoms with Crippen LogP contribution in [-0.4, -0.2) is 12.5 Å². The summed E-state index contributed by atoms with van der Waals surface area (Å²) >= 11 is 0. The first-order chi connectivity index (χ1) is 9.84. The molecule has 1 unspecified atom stereocenters. The fraction of sp³-hybridized carbons (Fsp3) is 0.235. The number of hydrogen-bond acceptors (Lipinski definition) is 2. The fourth-order valence-electron chi connectivity index (χ4n) is 2.51. The Labute approximate surface area is 118 Å². The molecular formula is C17H17NO2. The highest BCUT2D eigenvalue weighted by molar-refractivity contribution is 5.94. The Morgan fingerprint density at radius 1 is 1.05 bits per heavy atom. The quantitative estimate of drug-likeness (QED) is 0.906. The number of nitrogens with one attached hydrogen (secondary N) is 1. The van der Waals surface area contributed by atoms with Gasteiger partial charge in [-0.05, 0) is 31.0 Å². The normalized spacial score (nSPS) is 17.5. The lowest BCUT2D eigenvalue weighted by Gasteiger charge is -2.18. The molecule has 1 aliphatic heterocycles. The molecule has 1 atom stereocenters. The van der Waals surface area contributed by atoms with E-state index in [9.17, 15) is 4.79 Å². The molecule has 0 spiro atoms. The predicted molar refractivity (Wildman–Crippen MR) is 77.8 cm³/mol. The Morgan fingerprint density at radius 2 is 1.80 bits per heavy atom. The first-order valence-corrected chi connectivity index (χ1v) is 6.92. The average Bonchev–Trinajstić information content (AvgIpc) is 2.71. The molecule has 1 heterocycles. The highest BCUT2D eigenvalue weighted by Crippen LogP contribution is 2.31. The van der Waals surface area contributed by atoms with Crippen LogP contribution < -0.4 is 10.1 Å². The van der Waals surface area contributed by atoms with Crippen molar-refractivity contribution >= 4 is 5.91 Å². The maximum atomic E-state index is 12.3. The largest absolute Gasteiger partial charge is 0.493 e. The maximum Gasteiger partial charge on any atom is 0.251 e.